The lowest BCUT2D eigenvalue weighted by Gasteiger charge is -2.24. The average Bonchev–Trinajstić information content (AvgIpc) is 3.08. The maximum absolute atomic E-state index is 13.0. The molecule has 0 saturated heterocycles. The minimum atomic E-state index is -0.454. The average molecular weight is 371 g/mol. The molecule has 2 aromatic rings. The Morgan fingerprint density at radius 3 is 2.70 bits per heavy atom. The molecule has 1 aromatic heterocycles. The SMILES string of the molecule is COc1nc(C)cc(C)c1CNC(=O)[C@H](c1ccc2c(c1)OCO2)N(C)C. The van der Waals surface area contributed by atoms with Crippen LogP contribution in [0.15, 0.2) is 24.3 Å². The van der Waals surface area contributed by atoms with Crippen molar-refractivity contribution in [3.8, 4) is 17.4 Å². The number of benzene rings is 1. The summed E-state index contributed by atoms with van der Waals surface area (Å²) in [6, 6.07) is 7.09. The van der Waals surface area contributed by atoms with Crippen LogP contribution in [-0.4, -0.2) is 43.8 Å². The molecular weight excluding hydrogens is 346 g/mol. The second-order valence-corrected chi connectivity index (χ2v) is 6.77. The number of aromatic nitrogens is 1. The van der Waals surface area contributed by atoms with Crippen molar-refractivity contribution in [3.05, 3.63) is 46.6 Å². The molecule has 0 spiro atoms. The molecule has 1 amide bonds. The predicted octanol–water partition coefficient (Wildman–Crippen LogP) is 2.35. The van der Waals surface area contributed by atoms with Crippen LogP contribution in [0, 0.1) is 13.8 Å². The van der Waals surface area contributed by atoms with Crippen molar-refractivity contribution >= 4 is 5.91 Å². The highest BCUT2D eigenvalue weighted by molar-refractivity contribution is 5.83. The number of pyridine rings is 1. The van der Waals surface area contributed by atoms with Gasteiger partial charge in [0, 0.05) is 17.8 Å². The van der Waals surface area contributed by atoms with Crippen LogP contribution in [0.2, 0.25) is 0 Å². The molecule has 1 atom stereocenters. The van der Waals surface area contributed by atoms with Crippen LogP contribution in [0.4, 0.5) is 0 Å². The van der Waals surface area contributed by atoms with E-state index in [-0.39, 0.29) is 12.7 Å². The van der Waals surface area contributed by atoms with Crippen LogP contribution in [0.25, 0.3) is 0 Å². The van der Waals surface area contributed by atoms with Gasteiger partial charge < -0.3 is 19.5 Å². The van der Waals surface area contributed by atoms with E-state index in [0.29, 0.717) is 23.9 Å². The zero-order chi connectivity index (χ0) is 19.6. The maximum Gasteiger partial charge on any atom is 0.242 e. The minimum Gasteiger partial charge on any atom is -0.481 e. The lowest BCUT2D eigenvalue weighted by molar-refractivity contribution is -0.125. The summed E-state index contributed by atoms with van der Waals surface area (Å²) >= 11 is 0. The molecule has 7 nitrogen and oxygen atoms in total. The highest BCUT2D eigenvalue weighted by Gasteiger charge is 2.26. The second-order valence-electron chi connectivity index (χ2n) is 6.77. The molecule has 2 heterocycles. The van der Waals surface area contributed by atoms with Crippen molar-refractivity contribution in [2.75, 3.05) is 28.0 Å². The van der Waals surface area contributed by atoms with Crippen LogP contribution in [0.5, 0.6) is 17.4 Å². The standard InChI is InChI=1S/C20H25N3O4/c1-12-8-13(2)22-20(25-5)15(12)10-21-19(24)18(23(3)4)14-6-7-16-17(9-14)27-11-26-16/h6-9,18H,10-11H2,1-5H3,(H,21,24)/t18-/m0/s1. The Labute approximate surface area is 159 Å². The van der Waals surface area contributed by atoms with E-state index in [1.54, 1.807) is 7.11 Å². The fourth-order valence-corrected chi connectivity index (χ4v) is 3.25. The molecule has 0 fully saturated rings. The zero-order valence-electron chi connectivity index (χ0n) is 16.3. The van der Waals surface area contributed by atoms with Gasteiger partial charge in [-0.2, -0.15) is 0 Å². The number of aryl methyl sites for hydroxylation is 2. The van der Waals surface area contributed by atoms with Crippen molar-refractivity contribution in [1.82, 2.24) is 15.2 Å². The third kappa shape index (κ3) is 3.98. The van der Waals surface area contributed by atoms with E-state index in [1.807, 2.05) is 57.1 Å². The van der Waals surface area contributed by atoms with Crippen LogP contribution in [0.1, 0.15) is 28.4 Å². The third-order valence-corrected chi connectivity index (χ3v) is 4.55. The van der Waals surface area contributed by atoms with Gasteiger partial charge >= 0.3 is 0 Å². The summed E-state index contributed by atoms with van der Waals surface area (Å²) in [5.74, 6) is 1.79. The molecule has 1 aromatic carbocycles. The largest absolute Gasteiger partial charge is 0.481 e. The zero-order valence-corrected chi connectivity index (χ0v) is 16.3. The lowest BCUT2D eigenvalue weighted by atomic mass is 10.0. The Hall–Kier alpha value is -2.80. The van der Waals surface area contributed by atoms with E-state index in [4.69, 9.17) is 14.2 Å². The fraction of sp³-hybridized carbons (Fsp3) is 0.400. The molecule has 1 aliphatic heterocycles. The van der Waals surface area contributed by atoms with Crippen molar-refractivity contribution < 1.29 is 19.0 Å². The van der Waals surface area contributed by atoms with Gasteiger partial charge in [-0.15, -0.1) is 0 Å². The maximum atomic E-state index is 13.0. The van der Waals surface area contributed by atoms with Crippen molar-refractivity contribution in [2.45, 2.75) is 26.4 Å². The van der Waals surface area contributed by atoms with Crippen molar-refractivity contribution in [2.24, 2.45) is 0 Å². The molecule has 144 valence electrons. The van der Waals surface area contributed by atoms with Crippen molar-refractivity contribution in [3.63, 3.8) is 0 Å². The third-order valence-electron chi connectivity index (χ3n) is 4.55. The Morgan fingerprint density at radius 1 is 1.26 bits per heavy atom. The van der Waals surface area contributed by atoms with E-state index in [2.05, 4.69) is 10.3 Å². The summed E-state index contributed by atoms with van der Waals surface area (Å²) in [6.07, 6.45) is 0. The van der Waals surface area contributed by atoms with Gasteiger partial charge in [0.2, 0.25) is 18.6 Å². The van der Waals surface area contributed by atoms with E-state index < -0.39 is 6.04 Å². The number of likely N-dealkylation sites (N-methyl/N-ethyl adjacent to an activating group) is 1. The normalized spacial score (nSPS) is 13.6. The Morgan fingerprint density at radius 2 is 2.00 bits per heavy atom. The summed E-state index contributed by atoms with van der Waals surface area (Å²) in [6.45, 7) is 4.45. The molecule has 0 unspecified atom stereocenters. The number of rotatable bonds is 6. The molecule has 0 aliphatic carbocycles. The summed E-state index contributed by atoms with van der Waals surface area (Å²) in [5, 5.41) is 3.01. The topological polar surface area (TPSA) is 72.9 Å². The molecule has 0 bridgehead atoms. The number of carbonyl (C=O) groups excluding carboxylic acids is 1. The van der Waals surface area contributed by atoms with Crippen molar-refractivity contribution in [1.29, 1.82) is 0 Å². The first kappa shape index (κ1) is 19.0. The van der Waals surface area contributed by atoms with Crippen LogP contribution < -0.4 is 19.5 Å². The fourth-order valence-electron chi connectivity index (χ4n) is 3.25. The second kappa shape index (κ2) is 7.84. The van der Waals surface area contributed by atoms with Gasteiger partial charge in [0.25, 0.3) is 0 Å². The smallest absolute Gasteiger partial charge is 0.242 e. The number of hydrogen-bond acceptors (Lipinski definition) is 6. The summed E-state index contributed by atoms with van der Waals surface area (Å²) in [5.41, 5.74) is 3.63. The first-order valence-electron chi connectivity index (χ1n) is 8.75. The summed E-state index contributed by atoms with van der Waals surface area (Å²) < 4.78 is 16.2. The summed E-state index contributed by atoms with van der Waals surface area (Å²) in [7, 11) is 5.32. The van der Waals surface area contributed by atoms with Crippen LogP contribution in [0.3, 0.4) is 0 Å². The van der Waals surface area contributed by atoms with Gasteiger partial charge in [-0.1, -0.05) is 6.07 Å². The molecule has 3 rings (SSSR count). The number of fused-ring (bicyclic) bond motifs is 1. The number of carbonyl (C=O) groups is 1. The number of nitrogens with one attached hydrogen (secondary N) is 1. The quantitative estimate of drug-likeness (QED) is 0.840. The first-order valence-corrected chi connectivity index (χ1v) is 8.75. The number of ether oxygens (including phenoxy) is 3. The first-order chi connectivity index (χ1) is 12.9. The number of hydrogen-bond donors (Lipinski definition) is 1. The lowest BCUT2D eigenvalue weighted by Crippen LogP contribution is -2.37. The van der Waals surface area contributed by atoms with Crippen LogP contribution >= 0.6 is 0 Å². The minimum absolute atomic E-state index is 0.110. The van der Waals surface area contributed by atoms with Gasteiger partial charge in [-0.25, -0.2) is 4.98 Å². The molecule has 27 heavy (non-hydrogen) atoms. The molecule has 0 saturated carbocycles. The number of amides is 1. The van der Waals surface area contributed by atoms with Crippen LogP contribution in [-0.2, 0) is 11.3 Å². The van der Waals surface area contributed by atoms with E-state index in [1.165, 1.54) is 0 Å². The Balaban J connectivity index is 1.79. The summed E-state index contributed by atoms with van der Waals surface area (Å²) in [4.78, 5) is 19.2. The Bertz CT molecular complexity index is 851. The highest BCUT2D eigenvalue weighted by Crippen LogP contribution is 2.35. The molecule has 1 aliphatic rings. The predicted molar refractivity (Wildman–Crippen MR) is 101 cm³/mol. The van der Waals surface area contributed by atoms with E-state index >= 15 is 0 Å². The van der Waals surface area contributed by atoms with Gasteiger partial charge in [-0.05, 0) is 57.3 Å². The molecule has 0 radical (unpaired) electrons. The highest BCUT2D eigenvalue weighted by atomic mass is 16.7. The molecule has 7 heteroatoms. The number of methoxy groups -OCH3 is 1. The van der Waals surface area contributed by atoms with E-state index in [0.717, 1.165) is 22.4 Å². The monoisotopic (exact) mass is 371 g/mol. The number of nitrogens with zero attached hydrogens (tertiary/aromatic N) is 2. The van der Waals surface area contributed by atoms with E-state index in [9.17, 15) is 4.79 Å². The molecular formula is C20H25N3O4. The van der Waals surface area contributed by atoms with Gasteiger partial charge in [0.05, 0.1) is 7.11 Å². The van der Waals surface area contributed by atoms with Gasteiger partial charge in [0.15, 0.2) is 11.5 Å². The Kier molecular flexibility index (Phi) is 5.51. The molecule has 1 N–H and O–H groups in total. The van der Waals surface area contributed by atoms with Gasteiger partial charge in [-0.3, -0.25) is 9.69 Å². The van der Waals surface area contributed by atoms with Gasteiger partial charge in [0.1, 0.15) is 6.04 Å².